The van der Waals surface area contributed by atoms with Gasteiger partial charge in [0.15, 0.2) is 5.78 Å². The van der Waals surface area contributed by atoms with Crippen LogP contribution < -0.4 is 0 Å². The normalized spacial score (nSPS) is 8.58. The molecule has 0 saturated carbocycles. The van der Waals surface area contributed by atoms with Gasteiger partial charge in [0.2, 0.25) is 0 Å². The van der Waals surface area contributed by atoms with E-state index < -0.39 is 6.61 Å². The Morgan fingerprint density at radius 2 is 2.17 bits per heavy atom. The molecule has 0 atom stereocenters. The van der Waals surface area contributed by atoms with Crippen LogP contribution in [0.4, 0.5) is 0 Å². The molecule has 12 heavy (non-hydrogen) atoms. The van der Waals surface area contributed by atoms with Crippen molar-refractivity contribution in [3.63, 3.8) is 0 Å². The number of aliphatic hydroxyl groups excluding tert-OH is 1. The van der Waals surface area contributed by atoms with Gasteiger partial charge in [-0.2, -0.15) is 0 Å². The lowest BCUT2D eigenvalue weighted by Gasteiger charge is -1.93. The summed E-state index contributed by atoms with van der Waals surface area (Å²) in [4.78, 5) is 10.9. The van der Waals surface area contributed by atoms with E-state index in [-0.39, 0.29) is 5.78 Å². The molecule has 1 N–H and O–H groups in total. The summed E-state index contributed by atoms with van der Waals surface area (Å²) in [5.41, 5.74) is 4.30. The number of allylic oxidation sites excluding steroid dienone is 1. The highest BCUT2D eigenvalue weighted by molar-refractivity contribution is 5.95. The quantitative estimate of drug-likeness (QED) is 0.391. The Morgan fingerprint density at radius 1 is 1.58 bits per heavy atom. The van der Waals surface area contributed by atoms with Crippen molar-refractivity contribution in [3.05, 3.63) is 29.5 Å². The fraction of sp³-hybridized carbons (Fsp3) is 0.400. The van der Waals surface area contributed by atoms with Gasteiger partial charge in [-0.1, -0.05) is 6.08 Å². The Morgan fingerprint density at radius 3 is 2.58 bits per heavy atom. The molecule has 0 rings (SSSR count). The lowest BCUT2D eigenvalue weighted by atomic mass is 10.1. The molecule has 0 aliphatic heterocycles. The maximum absolute atomic E-state index is 10.9. The van der Waals surface area contributed by atoms with Crippen molar-refractivity contribution in [3.8, 4) is 0 Å². The minimum Gasteiger partial charge on any atom is -0.388 e. The Bertz CT molecular complexity index is 243. The second-order valence-electron chi connectivity index (χ2n) is 2.60. The first kappa shape index (κ1) is 10.9. The molecule has 0 amide bonds. The van der Waals surface area contributed by atoms with Crippen LogP contribution in [0, 0.1) is 0 Å². The predicted molar refractivity (Wildman–Crippen MR) is 48.8 cm³/mol. The van der Waals surface area contributed by atoms with Crippen LogP contribution in [0.2, 0.25) is 0 Å². The zero-order valence-corrected chi connectivity index (χ0v) is 7.55. The first-order valence-electron chi connectivity index (χ1n) is 3.79. The molecule has 0 heterocycles. The minimum atomic E-state index is -0.444. The fourth-order valence-corrected chi connectivity index (χ4v) is 0.776. The Balaban J connectivity index is 4.60. The number of Topliss-reactive ketones (excluding diaryl/α,β-unsaturated/α-hetero) is 1. The topological polar surface area (TPSA) is 37.3 Å². The molecule has 2 nitrogen and oxygen atoms in total. The summed E-state index contributed by atoms with van der Waals surface area (Å²) in [5.74, 6) is -0.279. The van der Waals surface area contributed by atoms with Crippen LogP contribution in [0.3, 0.4) is 0 Å². The summed E-state index contributed by atoms with van der Waals surface area (Å²) < 4.78 is 0. The molecule has 2 heteroatoms. The van der Waals surface area contributed by atoms with E-state index in [1.54, 1.807) is 13.0 Å². The van der Waals surface area contributed by atoms with E-state index >= 15 is 0 Å². The molecule has 0 aliphatic rings. The first-order valence-corrected chi connectivity index (χ1v) is 3.79. The van der Waals surface area contributed by atoms with Gasteiger partial charge >= 0.3 is 0 Å². The molecule has 0 bridgehead atoms. The van der Waals surface area contributed by atoms with Crippen LogP contribution in [0.5, 0.6) is 0 Å². The molecule has 0 saturated heterocycles. The van der Waals surface area contributed by atoms with Gasteiger partial charge in [-0.3, -0.25) is 4.79 Å². The lowest BCUT2D eigenvalue weighted by Crippen LogP contribution is -2.03. The third kappa shape index (κ3) is 3.91. The third-order valence-corrected chi connectivity index (χ3v) is 1.41. The standard InChI is InChI=1S/C10H14O2/c1-4-5-8(2)6-9(3)10(12)7-11/h4,11H,1,5,7H2,2-3H3. The van der Waals surface area contributed by atoms with Crippen LogP contribution in [0.15, 0.2) is 29.5 Å². The molecular weight excluding hydrogens is 152 g/mol. The van der Waals surface area contributed by atoms with Crippen LogP contribution >= 0.6 is 0 Å². The van der Waals surface area contributed by atoms with Crippen LogP contribution in [-0.4, -0.2) is 17.5 Å². The number of rotatable bonds is 4. The van der Waals surface area contributed by atoms with Crippen LogP contribution in [0.25, 0.3) is 0 Å². The van der Waals surface area contributed by atoms with Gasteiger partial charge in [-0.15, -0.1) is 12.3 Å². The van der Waals surface area contributed by atoms with Gasteiger partial charge in [0.25, 0.3) is 0 Å². The predicted octanol–water partition coefficient (Wildman–Crippen LogP) is 1.62. The van der Waals surface area contributed by atoms with E-state index in [1.165, 1.54) is 0 Å². The van der Waals surface area contributed by atoms with Gasteiger partial charge in [-0.25, -0.2) is 0 Å². The second kappa shape index (κ2) is 5.53. The SMILES string of the molecule is C=CCC(C)=C=C(C)C(=O)CO. The highest BCUT2D eigenvalue weighted by Gasteiger charge is 1.99. The molecular formula is C10H14O2. The average Bonchev–Trinajstić information content (AvgIpc) is 2.03. The van der Waals surface area contributed by atoms with Crippen molar-refractivity contribution in [2.45, 2.75) is 20.3 Å². The average molecular weight is 166 g/mol. The summed E-state index contributed by atoms with van der Waals surface area (Å²) in [6.45, 7) is 6.64. The van der Waals surface area contributed by atoms with Crippen molar-refractivity contribution in [2.75, 3.05) is 6.61 Å². The van der Waals surface area contributed by atoms with Gasteiger partial charge < -0.3 is 5.11 Å². The fourth-order valence-electron chi connectivity index (χ4n) is 0.776. The van der Waals surface area contributed by atoms with Crippen LogP contribution in [-0.2, 0) is 4.79 Å². The number of ketones is 1. The Labute approximate surface area is 72.9 Å². The monoisotopic (exact) mass is 166 g/mol. The largest absolute Gasteiger partial charge is 0.388 e. The summed E-state index contributed by atoms with van der Waals surface area (Å²) in [6, 6.07) is 0. The summed E-state index contributed by atoms with van der Waals surface area (Å²) in [6.07, 6.45) is 2.47. The lowest BCUT2D eigenvalue weighted by molar-refractivity contribution is -0.118. The molecule has 0 aromatic carbocycles. The third-order valence-electron chi connectivity index (χ3n) is 1.41. The maximum Gasteiger partial charge on any atom is 0.191 e. The number of carbonyl (C=O) groups is 1. The van der Waals surface area contributed by atoms with Gasteiger partial charge in [0, 0.05) is 5.57 Å². The van der Waals surface area contributed by atoms with E-state index in [4.69, 9.17) is 5.11 Å². The molecule has 66 valence electrons. The summed E-state index contributed by atoms with van der Waals surface area (Å²) in [7, 11) is 0. The summed E-state index contributed by atoms with van der Waals surface area (Å²) in [5, 5.41) is 8.51. The van der Waals surface area contributed by atoms with E-state index in [0.717, 1.165) is 12.0 Å². The highest BCUT2D eigenvalue weighted by atomic mass is 16.3. The molecule has 0 aromatic heterocycles. The molecule has 0 unspecified atom stereocenters. The minimum absolute atomic E-state index is 0.279. The summed E-state index contributed by atoms with van der Waals surface area (Å²) >= 11 is 0. The highest BCUT2D eigenvalue weighted by Crippen LogP contribution is 2.00. The van der Waals surface area contributed by atoms with Gasteiger partial charge in [0.05, 0.1) is 0 Å². The van der Waals surface area contributed by atoms with Gasteiger partial charge in [-0.05, 0) is 25.8 Å². The van der Waals surface area contributed by atoms with Gasteiger partial charge in [0.1, 0.15) is 6.61 Å². The molecule has 0 radical (unpaired) electrons. The maximum atomic E-state index is 10.9. The molecule has 0 fully saturated rings. The van der Waals surface area contributed by atoms with Crippen molar-refractivity contribution in [1.29, 1.82) is 0 Å². The Kier molecular flexibility index (Phi) is 5.02. The van der Waals surface area contributed by atoms with Crippen molar-refractivity contribution < 1.29 is 9.90 Å². The zero-order valence-electron chi connectivity index (χ0n) is 7.55. The van der Waals surface area contributed by atoms with E-state index in [1.807, 2.05) is 6.92 Å². The molecule has 0 spiro atoms. The second-order valence-corrected chi connectivity index (χ2v) is 2.60. The van der Waals surface area contributed by atoms with Crippen LogP contribution in [0.1, 0.15) is 20.3 Å². The van der Waals surface area contributed by atoms with Crippen molar-refractivity contribution in [1.82, 2.24) is 0 Å². The van der Waals surface area contributed by atoms with Crippen molar-refractivity contribution >= 4 is 5.78 Å². The van der Waals surface area contributed by atoms with E-state index in [0.29, 0.717) is 5.57 Å². The smallest absolute Gasteiger partial charge is 0.191 e. The Hall–Kier alpha value is -1.11. The van der Waals surface area contributed by atoms with Crippen molar-refractivity contribution in [2.24, 2.45) is 0 Å². The number of hydrogen-bond donors (Lipinski definition) is 1. The number of carbonyl (C=O) groups excluding carboxylic acids is 1. The number of hydrogen-bond acceptors (Lipinski definition) is 2. The number of aliphatic hydroxyl groups is 1. The van der Waals surface area contributed by atoms with E-state index in [9.17, 15) is 4.79 Å². The molecule has 0 aromatic rings. The first-order chi connectivity index (χ1) is 5.61. The van der Waals surface area contributed by atoms with E-state index in [2.05, 4.69) is 12.3 Å². The zero-order chi connectivity index (χ0) is 9.56. The molecule has 0 aliphatic carbocycles.